The van der Waals surface area contributed by atoms with Gasteiger partial charge in [0.05, 0.1) is 17.8 Å². The molecule has 0 fully saturated rings. The predicted octanol–water partition coefficient (Wildman–Crippen LogP) is 1.63. The SMILES string of the molecule is Cc1cccc(CN(C)c2ncc(C=O)cn2)n1. The standard InChI is InChI=1S/C13H14N4O/c1-10-4-3-5-12(16-10)8-17(2)13-14-6-11(9-18)7-15-13/h3-7,9H,8H2,1-2H3. The molecule has 0 aliphatic rings. The van der Waals surface area contributed by atoms with Gasteiger partial charge in [-0.15, -0.1) is 0 Å². The van der Waals surface area contributed by atoms with Crippen LogP contribution in [0.3, 0.4) is 0 Å². The first kappa shape index (κ1) is 12.2. The number of carbonyl (C=O) groups is 1. The lowest BCUT2D eigenvalue weighted by atomic mass is 10.3. The van der Waals surface area contributed by atoms with E-state index in [-0.39, 0.29) is 0 Å². The van der Waals surface area contributed by atoms with Crippen molar-refractivity contribution >= 4 is 12.2 Å². The molecule has 0 saturated carbocycles. The van der Waals surface area contributed by atoms with E-state index in [4.69, 9.17) is 0 Å². The van der Waals surface area contributed by atoms with E-state index in [1.165, 1.54) is 12.4 Å². The summed E-state index contributed by atoms with van der Waals surface area (Å²) in [5.41, 5.74) is 2.42. The number of rotatable bonds is 4. The summed E-state index contributed by atoms with van der Waals surface area (Å²) in [6.45, 7) is 2.58. The number of aryl methyl sites for hydroxylation is 1. The van der Waals surface area contributed by atoms with Crippen molar-refractivity contribution in [1.82, 2.24) is 15.0 Å². The molecule has 18 heavy (non-hydrogen) atoms. The molecule has 0 aliphatic carbocycles. The molecule has 2 aromatic heterocycles. The summed E-state index contributed by atoms with van der Waals surface area (Å²) in [6.07, 6.45) is 3.75. The summed E-state index contributed by atoms with van der Waals surface area (Å²) in [5, 5.41) is 0. The third-order valence-electron chi connectivity index (χ3n) is 2.48. The lowest BCUT2D eigenvalue weighted by Crippen LogP contribution is -2.19. The lowest BCUT2D eigenvalue weighted by Gasteiger charge is -2.16. The van der Waals surface area contributed by atoms with Crippen LogP contribution in [0.5, 0.6) is 0 Å². The van der Waals surface area contributed by atoms with Crippen molar-refractivity contribution in [2.45, 2.75) is 13.5 Å². The topological polar surface area (TPSA) is 59.0 Å². The van der Waals surface area contributed by atoms with Gasteiger partial charge in [-0.25, -0.2) is 9.97 Å². The Morgan fingerprint density at radius 2 is 2.00 bits per heavy atom. The number of anilines is 1. The second-order valence-electron chi connectivity index (χ2n) is 4.06. The van der Waals surface area contributed by atoms with Gasteiger partial charge in [-0.05, 0) is 19.1 Å². The molecule has 0 aromatic carbocycles. The second kappa shape index (κ2) is 5.35. The quantitative estimate of drug-likeness (QED) is 0.763. The minimum Gasteiger partial charge on any atom is -0.338 e. The zero-order chi connectivity index (χ0) is 13.0. The number of aromatic nitrogens is 3. The van der Waals surface area contributed by atoms with Gasteiger partial charge in [-0.3, -0.25) is 9.78 Å². The van der Waals surface area contributed by atoms with Gasteiger partial charge in [0.1, 0.15) is 0 Å². The maximum Gasteiger partial charge on any atom is 0.225 e. The maximum atomic E-state index is 10.5. The Morgan fingerprint density at radius 3 is 2.61 bits per heavy atom. The average molecular weight is 242 g/mol. The molecule has 0 amide bonds. The van der Waals surface area contributed by atoms with Gasteiger partial charge in [0.2, 0.25) is 5.95 Å². The molecule has 5 nitrogen and oxygen atoms in total. The van der Waals surface area contributed by atoms with E-state index in [2.05, 4.69) is 15.0 Å². The van der Waals surface area contributed by atoms with Crippen LogP contribution in [0, 0.1) is 6.92 Å². The summed E-state index contributed by atoms with van der Waals surface area (Å²) < 4.78 is 0. The van der Waals surface area contributed by atoms with E-state index in [1.54, 1.807) is 0 Å². The molecule has 0 bridgehead atoms. The van der Waals surface area contributed by atoms with E-state index >= 15 is 0 Å². The Bertz CT molecular complexity index is 539. The van der Waals surface area contributed by atoms with Crippen LogP contribution in [0.15, 0.2) is 30.6 Å². The highest BCUT2D eigenvalue weighted by atomic mass is 16.1. The summed E-state index contributed by atoms with van der Waals surface area (Å²) >= 11 is 0. The number of aldehydes is 1. The number of nitrogens with zero attached hydrogens (tertiary/aromatic N) is 4. The van der Waals surface area contributed by atoms with Gasteiger partial charge in [-0.1, -0.05) is 6.07 Å². The van der Waals surface area contributed by atoms with Crippen molar-refractivity contribution in [3.05, 3.63) is 47.5 Å². The molecule has 0 spiro atoms. The van der Waals surface area contributed by atoms with Crippen molar-refractivity contribution in [1.29, 1.82) is 0 Å². The minimum absolute atomic E-state index is 0.473. The van der Waals surface area contributed by atoms with E-state index in [1.807, 2.05) is 37.1 Å². The Morgan fingerprint density at radius 1 is 1.28 bits per heavy atom. The monoisotopic (exact) mass is 242 g/mol. The lowest BCUT2D eigenvalue weighted by molar-refractivity contribution is 0.112. The van der Waals surface area contributed by atoms with E-state index in [0.717, 1.165) is 17.7 Å². The predicted molar refractivity (Wildman–Crippen MR) is 68.5 cm³/mol. The van der Waals surface area contributed by atoms with E-state index in [9.17, 15) is 4.79 Å². The van der Waals surface area contributed by atoms with Gasteiger partial charge in [0, 0.05) is 25.1 Å². The van der Waals surface area contributed by atoms with Gasteiger partial charge >= 0.3 is 0 Å². The van der Waals surface area contributed by atoms with E-state index < -0.39 is 0 Å². The second-order valence-corrected chi connectivity index (χ2v) is 4.06. The summed E-state index contributed by atoms with van der Waals surface area (Å²) in [6, 6.07) is 5.89. The third-order valence-corrected chi connectivity index (χ3v) is 2.48. The Kier molecular flexibility index (Phi) is 3.62. The van der Waals surface area contributed by atoms with Crippen LogP contribution in [0.4, 0.5) is 5.95 Å². The molecule has 2 rings (SSSR count). The largest absolute Gasteiger partial charge is 0.338 e. The van der Waals surface area contributed by atoms with Crippen LogP contribution < -0.4 is 4.90 Å². The normalized spacial score (nSPS) is 10.1. The molecule has 92 valence electrons. The van der Waals surface area contributed by atoms with Gasteiger partial charge in [-0.2, -0.15) is 0 Å². The average Bonchev–Trinajstić information content (AvgIpc) is 2.39. The first-order chi connectivity index (χ1) is 8.69. The van der Waals surface area contributed by atoms with Crippen molar-refractivity contribution in [2.75, 3.05) is 11.9 Å². The van der Waals surface area contributed by atoms with Crippen molar-refractivity contribution in [3.8, 4) is 0 Å². The Hall–Kier alpha value is -2.30. The van der Waals surface area contributed by atoms with Crippen LogP contribution in [0.2, 0.25) is 0 Å². The zero-order valence-electron chi connectivity index (χ0n) is 10.4. The number of hydrogen-bond donors (Lipinski definition) is 0. The third kappa shape index (κ3) is 2.88. The number of pyridine rings is 1. The Balaban J connectivity index is 2.11. The molecular weight excluding hydrogens is 228 g/mol. The van der Waals surface area contributed by atoms with Gasteiger partial charge in [0.15, 0.2) is 6.29 Å². The molecule has 0 saturated heterocycles. The maximum absolute atomic E-state index is 10.5. The van der Waals surface area contributed by atoms with Crippen LogP contribution >= 0.6 is 0 Å². The minimum atomic E-state index is 0.473. The smallest absolute Gasteiger partial charge is 0.225 e. The van der Waals surface area contributed by atoms with Crippen LogP contribution in [0.25, 0.3) is 0 Å². The fourth-order valence-electron chi connectivity index (χ4n) is 1.59. The van der Waals surface area contributed by atoms with Crippen molar-refractivity contribution in [3.63, 3.8) is 0 Å². The highest BCUT2D eigenvalue weighted by Crippen LogP contribution is 2.08. The highest BCUT2D eigenvalue weighted by molar-refractivity contribution is 5.73. The van der Waals surface area contributed by atoms with Crippen LogP contribution in [0.1, 0.15) is 21.7 Å². The van der Waals surface area contributed by atoms with Crippen molar-refractivity contribution < 1.29 is 4.79 Å². The molecule has 0 N–H and O–H groups in total. The van der Waals surface area contributed by atoms with Crippen molar-refractivity contribution in [2.24, 2.45) is 0 Å². The highest BCUT2D eigenvalue weighted by Gasteiger charge is 2.06. The summed E-state index contributed by atoms with van der Waals surface area (Å²) in [7, 11) is 1.89. The summed E-state index contributed by atoms with van der Waals surface area (Å²) in [5.74, 6) is 0.573. The fourth-order valence-corrected chi connectivity index (χ4v) is 1.59. The zero-order valence-corrected chi connectivity index (χ0v) is 10.4. The van der Waals surface area contributed by atoms with Gasteiger partial charge in [0.25, 0.3) is 0 Å². The molecular formula is C13H14N4O. The molecule has 0 aliphatic heterocycles. The number of hydrogen-bond acceptors (Lipinski definition) is 5. The van der Waals surface area contributed by atoms with Crippen LogP contribution in [-0.4, -0.2) is 28.3 Å². The molecule has 0 atom stereocenters. The first-order valence-corrected chi connectivity index (χ1v) is 5.60. The molecule has 2 heterocycles. The fraction of sp³-hybridized carbons (Fsp3) is 0.231. The van der Waals surface area contributed by atoms with Crippen LogP contribution in [-0.2, 0) is 6.54 Å². The first-order valence-electron chi connectivity index (χ1n) is 5.60. The molecule has 0 unspecified atom stereocenters. The molecule has 5 heteroatoms. The summed E-state index contributed by atoms with van der Waals surface area (Å²) in [4.78, 5) is 25.1. The molecule has 0 radical (unpaired) electrons. The number of carbonyl (C=O) groups excluding carboxylic acids is 1. The Labute approximate surface area is 106 Å². The van der Waals surface area contributed by atoms with Gasteiger partial charge < -0.3 is 4.90 Å². The molecule has 2 aromatic rings. The van der Waals surface area contributed by atoms with E-state index in [0.29, 0.717) is 18.1 Å².